The molecule has 0 spiro atoms. The lowest BCUT2D eigenvalue weighted by Crippen LogP contribution is -2.31. The quantitative estimate of drug-likeness (QED) is 0.252. The fourth-order valence-corrected chi connectivity index (χ4v) is 5.22. The molecule has 170 valence electrons. The number of benzene rings is 2. The van der Waals surface area contributed by atoms with Gasteiger partial charge in [0.2, 0.25) is 0 Å². The fourth-order valence-electron chi connectivity index (χ4n) is 3.68. The lowest BCUT2D eigenvalue weighted by atomic mass is 10.0. The molecule has 0 unspecified atom stereocenters. The molecule has 0 saturated heterocycles. The third-order valence-electron chi connectivity index (χ3n) is 5.41. The first-order valence-corrected chi connectivity index (χ1v) is 12.0. The van der Waals surface area contributed by atoms with Gasteiger partial charge in [0.1, 0.15) is 17.0 Å². The number of nitrogens with zero attached hydrogens (tertiary/aromatic N) is 4. The van der Waals surface area contributed by atoms with Crippen LogP contribution in [0.25, 0.3) is 21.5 Å². The van der Waals surface area contributed by atoms with Gasteiger partial charge in [-0.2, -0.15) is 0 Å². The van der Waals surface area contributed by atoms with Crippen molar-refractivity contribution in [2.75, 3.05) is 4.90 Å². The Morgan fingerprint density at radius 3 is 2.56 bits per heavy atom. The Morgan fingerprint density at radius 1 is 1.03 bits per heavy atom. The Labute approximate surface area is 209 Å². The summed E-state index contributed by atoms with van der Waals surface area (Å²) in [6.07, 6.45) is 1.69. The van der Waals surface area contributed by atoms with Crippen LogP contribution in [0.5, 0.6) is 0 Å². The number of aromatic nitrogens is 3. The lowest BCUT2D eigenvalue weighted by Gasteiger charge is -2.19. The molecule has 0 aliphatic heterocycles. The molecule has 0 N–H and O–H groups in total. The van der Waals surface area contributed by atoms with E-state index >= 15 is 0 Å². The number of aryl methyl sites for hydroxylation is 2. The van der Waals surface area contributed by atoms with Crippen LogP contribution >= 0.6 is 34.5 Å². The molecule has 5 rings (SSSR count). The van der Waals surface area contributed by atoms with E-state index in [1.54, 1.807) is 30.2 Å². The number of hydrogen-bond donors (Lipinski definition) is 0. The Kier molecular flexibility index (Phi) is 6.08. The van der Waals surface area contributed by atoms with Gasteiger partial charge in [0, 0.05) is 11.8 Å². The molecule has 6 nitrogen and oxygen atoms in total. The van der Waals surface area contributed by atoms with Crippen molar-refractivity contribution in [1.29, 1.82) is 0 Å². The van der Waals surface area contributed by atoms with Crippen LogP contribution in [-0.2, 0) is 6.54 Å². The molecule has 0 saturated carbocycles. The van der Waals surface area contributed by atoms with E-state index in [-0.39, 0.29) is 12.5 Å². The molecule has 34 heavy (non-hydrogen) atoms. The predicted octanol–water partition coefficient (Wildman–Crippen LogP) is 7.12. The van der Waals surface area contributed by atoms with Crippen LogP contribution in [0.15, 0.2) is 65.3 Å². The second kappa shape index (κ2) is 9.18. The van der Waals surface area contributed by atoms with Crippen LogP contribution in [0.2, 0.25) is 10.0 Å². The van der Waals surface area contributed by atoms with E-state index in [1.165, 1.54) is 11.3 Å². The molecule has 1 amide bonds. The van der Waals surface area contributed by atoms with Crippen LogP contribution in [0.4, 0.5) is 5.13 Å². The van der Waals surface area contributed by atoms with E-state index in [2.05, 4.69) is 10.1 Å². The summed E-state index contributed by atoms with van der Waals surface area (Å²) in [5.74, 6) is 0.0772. The van der Waals surface area contributed by atoms with Crippen LogP contribution in [-0.4, -0.2) is 21.0 Å². The summed E-state index contributed by atoms with van der Waals surface area (Å²) in [6, 6.07) is 16.5. The lowest BCUT2D eigenvalue weighted by molar-refractivity contribution is 0.0984. The maximum Gasteiger partial charge on any atom is 0.266 e. The van der Waals surface area contributed by atoms with E-state index < -0.39 is 0 Å². The fraction of sp³-hybridized carbons (Fsp3) is 0.120. The van der Waals surface area contributed by atoms with Gasteiger partial charge in [-0.05, 0) is 43.7 Å². The van der Waals surface area contributed by atoms with Crippen LogP contribution in [0.1, 0.15) is 27.4 Å². The smallest absolute Gasteiger partial charge is 0.266 e. The van der Waals surface area contributed by atoms with Crippen molar-refractivity contribution in [1.82, 2.24) is 15.1 Å². The number of pyridine rings is 1. The monoisotopic (exact) mass is 508 g/mol. The average Bonchev–Trinajstić information content (AvgIpc) is 3.45. The second-order valence-corrected chi connectivity index (χ2v) is 9.48. The molecule has 0 atom stereocenters. The summed E-state index contributed by atoms with van der Waals surface area (Å²) in [6.45, 7) is 3.88. The summed E-state index contributed by atoms with van der Waals surface area (Å²) in [5.41, 5.74) is 3.78. The third kappa shape index (κ3) is 4.07. The van der Waals surface area contributed by atoms with Gasteiger partial charge in [0.15, 0.2) is 5.13 Å². The van der Waals surface area contributed by atoms with Crippen LogP contribution < -0.4 is 4.90 Å². The van der Waals surface area contributed by atoms with Gasteiger partial charge in [0.05, 0.1) is 32.5 Å². The van der Waals surface area contributed by atoms with E-state index in [0.717, 1.165) is 15.8 Å². The van der Waals surface area contributed by atoms with Gasteiger partial charge in [-0.15, -0.1) is 0 Å². The topological polar surface area (TPSA) is 72.1 Å². The summed E-state index contributed by atoms with van der Waals surface area (Å²) in [7, 11) is 0. The molecule has 0 radical (unpaired) electrons. The highest BCUT2D eigenvalue weighted by molar-refractivity contribution is 7.23. The zero-order valence-corrected chi connectivity index (χ0v) is 20.6. The Balaban J connectivity index is 1.66. The van der Waals surface area contributed by atoms with Crippen molar-refractivity contribution in [3.63, 3.8) is 0 Å². The van der Waals surface area contributed by atoms with E-state index in [1.807, 2.05) is 49.4 Å². The highest BCUT2D eigenvalue weighted by Crippen LogP contribution is 2.38. The van der Waals surface area contributed by atoms with Gasteiger partial charge in [0.25, 0.3) is 5.91 Å². The van der Waals surface area contributed by atoms with E-state index in [4.69, 9.17) is 32.7 Å². The van der Waals surface area contributed by atoms with Crippen molar-refractivity contribution in [2.24, 2.45) is 0 Å². The molecule has 0 fully saturated rings. The van der Waals surface area contributed by atoms with E-state index in [0.29, 0.717) is 43.5 Å². The van der Waals surface area contributed by atoms with Gasteiger partial charge < -0.3 is 4.52 Å². The number of hydrogen-bond acceptors (Lipinski definition) is 6. The van der Waals surface area contributed by atoms with Crippen molar-refractivity contribution in [2.45, 2.75) is 20.4 Å². The normalized spacial score (nSPS) is 11.2. The predicted molar refractivity (Wildman–Crippen MR) is 136 cm³/mol. The van der Waals surface area contributed by atoms with Crippen molar-refractivity contribution >= 4 is 55.8 Å². The minimum Gasteiger partial charge on any atom is -0.360 e. The largest absolute Gasteiger partial charge is 0.360 e. The number of rotatable bonds is 5. The Morgan fingerprint density at radius 2 is 1.82 bits per heavy atom. The number of thiazole rings is 1. The molecule has 2 aromatic carbocycles. The molecule has 3 heterocycles. The Hall–Kier alpha value is -3.26. The number of fused-ring (bicyclic) bond motifs is 1. The first-order valence-electron chi connectivity index (χ1n) is 10.4. The van der Waals surface area contributed by atoms with Gasteiger partial charge in [-0.1, -0.05) is 70.0 Å². The first-order chi connectivity index (χ1) is 16.4. The minimum atomic E-state index is -0.313. The molecule has 5 aromatic rings. The number of halogens is 2. The highest BCUT2D eigenvalue weighted by atomic mass is 35.5. The average molecular weight is 509 g/mol. The molecule has 0 aliphatic carbocycles. The van der Waals surface area contributed by atoms with E-state index in [9.17, 15) is 4.79 Å². The molecule has 3 aromatic heterocycles. The molecular weight excluding hydrogens is 491 g/mol. The maximum absolute atomic E-state index is 14.1. The van der Waals surface area contributed by atoms with Crippen molar-refractivity contribution in [3.05, 3.63) is 93.4 Å². The minimum absolute atomic E-state index is 0.211. The van der Waals surface area contributed by atoms with Gasteiger partial charge in [-0.3, -0.25) is 14.7 Å². The maximum atomic E-state index is 14.1. The van der Waals surface area contributed by atoms with Crippen LogP contribution in [0.3, 0.4) is 0 Å². The highest BCUT2D eigenvalue weighted by Gasteiger charge is 2.30. The molecule has 0 aliphatic rings. The second-order valence-electron chi connectivity index (χ2n) is 7.69. The number of carbonyl (C=O) groups excluding carboxylic acids is 1. The van der Waals surface area contributed by atoms with Crippen molar-refractivity contribution < 1.29 is 9.32 Å². The van der Waals surface area contributed by atoms with Crippen molar-refractivity contribution in [3.8, 4) is 11.3 Å². The SMILES string of the molecule is Cc1onc(-c2ccccc2Cl)c1C(=O)N(Cc1ccccn1)c1nc2c(C)ccc(Cl)c2s1. The number of amides is 1. The number of anilines is 1. The zero-order valence-electron chi connectivity index (χ0n) is 18.3. The first kappa shape index (κ1) is 22.5. The standard InChI is InChI=1S/C25H18Cl2N4O2S/c1-14-10-11-19(27)23-21(14)29-25(34-23)31(13-16-7-5-6-12-28-16)24(32)20-15(2)33-30-22(20)17-8-3-4-9-18(17)26/h3-12H,13H2,1-2H3. The number of carbonyl (C=O) groups is 1. The third-order valence-corrected chi connectivity index (χ3v) is 7.28. The summed E-state index contributed by atoms with van der Waals surface area (Å²) in [4.78, 5) is 24.9. The summed E-state index contributed by atoms with van der Waals surface area (Å²) in [5, 5.41) is 5.73. The molecule has 9 heteroatoms. The molecular formula is C25H18Cl2N4O2S. The summed E-state index contributed by atoms with van der Waals surface area (Å²) >= 11 is 14.2. The van der Waals surface area contributed by atoms with Gasteiger partial charge in [-0.25, -0.2) is 4.98 Å². The summed E-state index contributed by atoms with van der Waals surface area (Å²) < 4.78 is 6.27. The molecule has 0 bridgehead atoms. The zero-order chi connectivity index (χ0) is 23.8. The van der Waals surface area contributed by atoms with Gasteiger partial charge >= 0.3 is 0 Å². The Bertz CT molecular complexity index is 1480. The van der Waals surface area contributed by atoms with Crippen LogP contribution in [0, 0.1) is 13.8 Å².